The number of aromatic nitrogens is 5. The van der Waals surface area contributed by atoms with Gasteiger partial charge in [0.2, 0.25) is 11.9 Å². The number of hydrogen-bond acceptors (Lipinski definition) is 6. The molecule has 4 rings (SSSR count). The third-order valence-corrected chi connectivity index (χ3v) is 4.81. The summed E-state index contributed by atoms with van der Waals surface area (Å²) in [6.07, 6.45) is -0.465. The van der Waals surface area contributed by atoms with Gasteiger partial charge in [-0.05, 0) is 37.1 Å². The summed E-state index contributed by atoms with van der Waals surface area (Å²) in [4.78, 5) is 26.5. The van der Waals surface area contributed by atoms with Gasteiger partial charge < -0.3 is 4.90 Å². The van der Waals surface area contributed by atoms with E-state index >= 15 is 0 Å². The van der Waals surface area contributed by atoms with Crippen LogP contribution in [0.15, 0.2) is 42.7 Å². The lowest BCUT2D eigenvalue weighted by molar-refractivity contribution is -0.137. The maximum Gasteiger partial charge on any atom is 0.419 e. The maximum absolute atomic E-state index is 13.3. The Hall–Kier alpha value is -3.50. The number of nitrogens with one attached hydrogen (secondary N) is 2. The van der Waals surface area contributed by atoms with Crippen LogP contribution in [0.4, 0.5) is 24.9 Å². The molecule has 8 nitrogen and oxygen atoms in total. The van der Waals surface area contributed by atoms with E-state index < -0.39 is 17.7 Å². The van der Waals surface area contributed by atoms with Crippen molar-refractivity contribution in [1.82, 2.24) is 25.1 Å². The monoisotopic (exact) mass is 417 g/mol. The molecule has 11 heteroatoms. The van der Waals surface area contributed by atoms with Crippen LogP contribution in [-0.2, 0) is 11.0 Å². The minimum atomic E-state index is -4.51. The fraction of sp³-hybridized carbons (Fsp3) is 0.316. The second-order valence-electron chi connectivity index (χ2n) is 6.87. The van der Waals surface area contributed by atoms with Crippen molar-refractivity contribution in [3.63, 3.8) is 0 Å². The highest BCUT2D eigenvalue weighted by atomic mass is 19.4. The van der Waals surface area contributed by atoms with Gasteiger partial charge in [0.15, 0.2) is 5.82 Å². The number of aromatic amines is 1. The van der Waals surface area contributed by atoms with Crippen molar-refractivity contribution in [1.29, 1.82) is 0 Å². The van der Waals surface area contributed by atoms with E-state index in [1.807, 2.05) is 0 Å². The van der Waals surface area contributed by atoms with E-state index in [0.29, 0.717) is 30.9 Å². The minimum Gasteiger partial charge on any atom is -0.355 e. The van der Waals surface area contributed by atoms with Gasteiger partial charge in [-0.15, -0.1) is 5.10 Å². The van der Waals surface area contributed by atoms with E-state index in [9.17, 15) is 18.0 Å². The van der Waals surface area contributed by atoms with Crippen molar-refractivity contribution in [2.45, 2.75) is 19.0 Å². The van der Waals surface area contributed by atoms with Gasteiger partial charge in [0.1, 0.15) is 11.5 Å². The molecule has 1 fully saturated rings. The Kier molecular flexibility index (Phi) is 5.34. The molecular formula is C19H18F3N7O. The van der Waals surface area contributed by atoms with E-state index in [4.69, 9.17) is 0 Å². The van der Waals surface area contributed by atoms with Gasteiger partial charge in [-0.3, -0.25) is 20.2 Å². The molecule has 3 aromatic rings. The normalized spacial score (nSPS) is 17.0. The molecule has 1 saturated heterocycles. The molecule has 1 atom stereocenters. The van der Waals surface area contributed by atoms with Crippen molar-refractivity contribution in [3.8, 4) is 11.5 Å². The lowest BCUT2D eigenvalue weighted by Crippen LogP contribution is -2.42. The summed E-state index contributed by atoms with van der Waals surface area (Å²) >= 11 is 0. The van der Waals surface area contributed by atoms with Gasteiger partial charge in [0.25, 0.3) is 0 Å². The average Bonchev–Trinajstić information content (AvgIpc) is 3.22. The van der Waals surface area contributed by atoms with Crippen LogP contribution < -0.4 is 10.2 Å². The lowest BCUT2D eigenvalue weighted by atomic mass is 9.96. The van der Waals surface area contributed by atoms with Crippen LogP contribution >= 0.6 is 0 Å². The van der Waals surface area contributed by atoms with Gasteiger partial charge in [-0.1, -0.05) is 6.07 Å². The van der Waals surface area contributed by atoms with E-state index in [-0.39, 0.29) is 24.2 Å². The molecule has 1 aliphatic heterocycles. The molecule has 0 bridgehead atoms. The quantitative estimate of drug-likeness (QED) is 0.677. The van der Waals surface area contributed by atoms with E-state index in [1.54, 1.807) is 24.4 Å². The lowest BCUT2D eigenvalue weighted by Gasteiger charge is -2.33. The molecule has 2 N–H and O–H groups in total. The molecule has 30 heavy (non-hydrogen) atoms. The molecule has 0 spiro atoms. The number of pyridine rings is 2. The first-order chi connectivity index (χ1) is 14.4. The molecular weight excluding hydrogens is 399 g/mol. The molecule has 0 unspecified atom stereocenters. The Labute approximate surface area is 169 Å². The predicted octanol–water partition coefficient (Wildman–Crippen LogP) is 3.14. The largest absolute Gasteiger partial charge is 0.419 e. The van der Waals surface area contributed by atoms with E-state index in [1.165, 1.54) is 17.2 Å². The highest BCUT2D eigenvalue weighted by Gasteiger charge is 2.37. The summed E-state index contributed by atoms with van der Waals surface area (Å²) < 4.78 is 40.0. The van der Waals surface area contributed by atoms with Crippen LogP contribution in [0.25, 0.3) is 11.5 Å². The zero-order valence-electron chi connectivity index (χ0n) is 15.7. The summed E-state index contributed by atoms with van der Waals surface area (Å²) in [5, 5.41) is 9.30. The standard InChI is InChI=1S/C19H18F3N7O/c20-19(21,22)13-6-3-9-24-16(13)29-10-4-5-12(11-29)17(30)26-18-25-15(27-28-18)14-7-1-2-8-23-14/h1-3,6-9,12H,4-5,10-11H2,(H2,25,26,27,28,30)/t12-/m0/s1. The molecule has 0 aromatic carbocycles. The number of carbonyl (C=O) groups is 1. The number of carbonyl (C=O) groups excluding carboxylic acids is 1. The molecule has 0 radical (unpaired) electrons. The number of anilines is 2. The van der Waals surface area contributed by atoms with Crippen LogP contribution in [-0.4, -0.2) is 44.1 Å². The molecule has 3 aromatic heterocycles. The topological polar surface area (TPSA) is 99.7 Å². The summed E-state index contributed by atoms with van der Waals surface area (Å²) in [5.41, 5.74) is -0.232. The number of alkyl halides is 3. The second-order valence-corrected chi connectivity index (χ2v) is 6.87. The Morgan fingerprint density at radius 1 is 1.17 bits per heavy atom. The van der Waals surface area contributed by atoms with Crippen molar-refractivity contribution in [3.05, 3.63) is 48.3 Å². The van der Waals surface area contributed by atoms with Gasteiger partial charge >= 0.3 is 6.18 Å². The van der Waals surface area contributed by atoms with Crippen LogP contribution in [0.2, 0.25) is 0 Å². The molecule has 0 saturated carbocycles. The predicted molar refractivity (Wildman–Crippen MR) is 102 cm³/mol. The highest BCUT2D eigenvalue weighted by Crippen LogP contribution is 2.36. The number of hydrogen-bond donors (Lipinski definition) is 2. The van der Waals surface area contributed by atoms with Crippen LogP contribution in [0.5, 0.6) is 0 Å². The third kappa shape index (κ3) is 4.24. The zero-order valence-corrected chi connectivity index (χ0v) is 15.7. The van der Waals surface area contributed by atoms with E-state index in [2.05, 4.69) is 30.5 Å². The van der Waals surface area contributed by atoms with Gasteiger partial charge in [0.05, 0.1) is 11.5 Å². The fourth-order valence-corrected chi connectivity index (χ4v) is 3.40. The van der Waals surface area contributed by atoms with Gasteiger partial charge in [-0.25, -0.2) is 4.98 Å². The van der Waals surface area contributed by atoms with Crippen molar-refractivity contribution in [2.75, 3.05) is 23.3 Å². The van der Waals surface area contributed by atoms with Crippen molar-refractivity contribution in [2.24, 2.45) is 5.92 Å². The van der Waals surface area contributed by atoms with Crippen LogP contribution in [0.3, 0.4) is 0 Å². The first-order valence-electron chi connectivity index (χ1n) is 9.33. The fourth-order valence-electron chi connectivity index (χ4n) is 3.40. The Balaban J connectivity index is 1.46. The smallest absolute Gasteiger partial charge is 0.355 e. The second kappa shape index (κ2) is 8.09. The Morgan fingerprint density at radius 3 is 2.77 bits per heavy atom. The van der Waals surface area contributed by atoms with Gasteiger partial charge in [0, 0.05) is 25.5 Å². The highest BCUT2D eigenvalue weighted by molar-refractivity contribution is 5.91. The molecule has 0 aliphatic carbocycles. The number of nitrogens with zero attached hydrogens (tertiary/aromatic N) is 5. The van der Waals surface area contributed by atoms with Crippen LogP contribution in [0.1, 0.15) is 18.4 Å². The summed E-state index contributed by atoms with van der Waals surface area (Å²) in [7, 11) is 0. The maximum atomic E-state index is 13.3. The molecule has 1 aliphatic rings. The Bertz CT molecular complexity index is 1020. The average molecular weight is 417 g/mol. The SMILES string of the molecule is O=C(Nc1n[nH]c(-c2ccccn2)n1)[C@H]1CCCN(c2ncccc2C(F)(F)F)C1. The number of halogens is 3. The third-order valence-electron chi connectivity index (χ3n) is 4.81. The van der Waals surface area contributed by atoms with Gasteiger partial charge in [-0.2, -0.15) is 18.2 Å². The van der Waals surface area contributed by atoms with Crippen molar-refractivity contribution >= 4 is 17.7 Å². The minimum absolute atomic E-state index is 0.0894. The number of amides is 1. The molecule has 4 heterocycles. The molecule has 156 valence electrons. The molecule has 1 amide bonds. The zero-order chi connectivity index (χ0) is 21.1. The van der Waals surface area contributed by atoms with Crippen molar-refractivity contribution < 1.29 is 18.0 Å². The van der Waals surface area contributed by atoms with E-state index in [0.717, 1.165) is 6.07 Å². The summed E-state index contributed by atoms with van der Waals surface area (Å²) in [6.45, 7) is 0.526. The van der Waals surface area contributed by atoms with Crippen LogP contribution in [0, 0.1) is 5.92 Å². The first-order valence-corrected chi connectivity index (χ1v) is 9.33. The number of piperidine rings is 1. The summed E-state index contributed by atoms with van der Waals surface area (Å²) in [5.74, 6) is -0.529. The number of H-pyrrole nitrogens is 1. The Morgan fingerprint density at radius 2 is 2.00 bits per heavy atom. The summed E-state index contributed by atoms with van der Waals surface area (Å²) in [6, 6.07) is 7.56. The number of rotatable bonds is 4. The first kappa shape index (κ1) is 19.8.